The molecule has 0 spiro atoms. The van der Waals surface area contributed by atoms with Crippen LogP contribution < -0.4 is 5.73 Å². The van der Waals surface area contributed by atoms with Gasteiger partial charge in [-0.25, -0.2) is 0 Å². The van der Waals surface area contributed by atoms with Crippen LogP contribution in [0.4, 0.5) is 0 Å². The summed E-state index contributed by atoms with van der Waals surface area (Å²) in [6, 6.07) is 0.580. The van der Waals surface area contributed by atoms with Crippen LogP contribution in [0.2, 0.25) is 0 Å². The molecule has 0 amide bonds. The topological polar surface area (TPSA) is 38.5 Å². The molecule has 0 bridgehead atoms. The SMILES string of the molecule is CCC(C)N(CCOC)C1(CN)CC(C)CC(C)C1. The van der Waals surface area contributed by atoms with Crippen LogP contribution in [0.3, 0.4) is 0 Å². The molecular formula is C16H34N2O. The first kappa shape index (κ1) is 16.9. The number of hydrogen-bond acceptors (Lipinski definition) is 3. The third-order valence-electron chi connectivity index (χ3n) is 4.91. The van der Waals surface area contributed by atoms with Gasteiger partial charge in [-0.2, -0.15) is 0 Å². The molecule has 3 nitrogen and oxygen atoms in total. The van der Waals surface area contributed by atoms with Gasteiger partial charge in [-0.15, -0.1) is 0 Å². The number of hydrogen-bond donors (Lipinski definition) is 1. The van der Waals surface area contributed by atoms with E-state index in [9.17, 15) is 0 Å². The third kappa shape index (κ3) is 4.17. The predicted molar refractivity (Wildman–Crippen MR) is 82.3 cm³/mol. The molecule has 0 saturated heterocycles. The van der Waals surface area contributed by atoms with E-state index in [2.05, 4.69) is 32.6 Å². The largest absolute Gasteiger partial charge is 0.383 e. The monoisotopic (exact) mass is 270 g/mol. The summed E-state index contributed by atoms with van der Waals surface area (Å²) >= 11 is 0. The summed E-state index contributed by atoms with van der Waals surface area (Å²) in [5.41, 5.74) is 6.43. The highest BCUT2D eigenvalue weighted by Gasteiger charge is 2.42. The maximum Gasteiger partial charge on any atom is 0.0590 e. The molecule has 1 aliphatic rings. The maximum atomic E-state index is 6.25. The molecule has 2 N–H and O–H groups in total. The molecule has 0 radical (unpaired) electrons. The van der Waals surface area contributed by atoms with Crippen LogP contribution in [0.1, 0.15) is 53.4 Å². The highest BCUT2D eigenvalue weighted by molar-refractivity contribution is 4.99. The predicted octanol–water partition coefficient (Wildman–Crippen LogP) is 2.89. The van der Waals surface area contributed by atoms with Crippen molar-refractivity contribution in [3.8, 4) is 0 Å². The van der Waals surface area contributed by atoms with Crippen LogP contribution in [0.5, 0.6) is 0 Å². The summed E-state index contributed by atoms with van der Waals surface area (Å²) < 4.78 is 5.32. The molecule has 0 aromatic carbocycles. The number of methoxy groups -OCH3 is 1. The molecule has 114 valence electrons. The quantitative estimate of drug-likeness (QED) is 0.773. The van der Waals surface area contributed by atoms with Crippen molar-refractivity contribution in [1.29, 1.82) is 0 Å². The summed E-state index contributed by atoms with van der Waals surface area (Å²) in [5, 5.41) is 0. The van der Waals surface area contributed by atoms with E-state index in [0.29, 0.717) is 6.04 Å². The van der Waals surface area contributed by atoms with Crippen molar-refractivity contribution >= 4 is 0 Å². The Kier molecular flexibility index (Phi) is 6.78. The van der Waals surface area contributed by atoms with Crippen LogP contribution in [-0.2, 0) is 4.74 Å². The van der Waals surface area contributed by atoms with E-state index >= 15 is 0 Å². The summed E-state index contributed by atoms with van der Waals surface area (Å²) in [5.74, 6) is 1.56. The second-order valence-electron chi connectivity index (χ2n) is 6.73. The Morgan fingerprint density at radius 3 is 2.32 bits per heavy atom. The van der Waals surface area contributed by atoms with Gasteiger partial charge in [0, 0.05) is 31.8 Å². The first-order valence-corrected chi connectivity index (χ1v) is 7.94. The lowest BCUT2D eigenvalue weighted by Gasteiger charge is -2.52. The maximum absolute atomic E-state index is 6.25. The van der Waals surface area contributed by atoms with Gasteiger partial charge in [0.05, 0.1) is 6.61 Å². The summed E-state index contributed by atoms with van der Waals surface area (Å²) in [6.45, 7) is 11.9. The molecule has 0 aromatic heterocycles. The average Bonchev–Trinajstić information content (AvgIpc) is 2.37. The van der Waals surface area contributed by atoms with Gasteiger partial charge in [-0.05, 0) is 44.4 Å². The molecule has 1 rings (SSSR count). The Hall–Kier alpha value is -0.120. The Morgan fingerprint density at radius 2 is 1.89 bits per heavy atom. The van der Waals surface area contributed by atoms with Gasteiger partial charge in [0.1, 0.15) is 0 Å². The second-order valence-corrected chi connectivity index (χ2v) is 6.73. The molecule has 1 aliphatic carbocycles. The molecule has 0 aliphatic heterocycles. The molecule has 1 saturated carbocycles. The fourth-order valence-electron chi connectivity index (χ4n) is 4.09. The van der Waals surface area contributed by atoms with Gasteiger partial charge >= 0.3 is 0 Å². The van der Waals surface area contributed by atoms with Crippen molar-refractivity contribution in [3.63, 3.8) is 0 Å². The van der Waals surface area contributed by atoms with E-state index in [1.54, 1.807) is 7.11 Å². The average molecular weight is 270 g/mol. The fourth-order valence-corrected chi connectivity index (χ4v) is 4.09. The first-order chi connectivity index (χ1) is 8.99. The summed E-state index contributed by atoms with van der Waals surface area (Å²) in [7, 11) is 1.79. The van der Waals surface area contributed by atoms with Crippen LogP contribution in [-0.4, -0.2) is 43.3 Å². The van der Waals surface area contributed by atoms with Crippen LogP contribution in [0.25, 0.3) is 0 Å². The summed E-state index contributed by atoms with van der Waals surface area (Å²) in [6.07, 6.45) is 5.00. The zero-order chi connectivity index (χ0) is 14.5. The smallest absolute Gasteiger partial charge is 0.0590 e. The van der Waals surface area contributed by atoms with E-state index in [4.69, 9.17) is 10.5 Å². The molecule has 0 heterocycles. The first-order valence-electron chi connectivity index (χ1n) is 7.94. The van der Waals surface area contributed by atoms with Gasteiger partial charge in [0.25, 0.3) is 0 Å². The lowest BCUT2D eigenvalue weighted by atomic mass is 9.70. The molecule has 3 heteroatoms. The van der Waals surface area contributed by atoms with Gasteiger partial charge < -0.3 is 10.5 Å². The van der Waals surface area contributed by atoms with Gasteiger partial charge in [-0.1, -0.05) is 20.8 Å². The normalized spacial score (nSPS) is 33.6. The minimum absolute atomic E-state index is 0.186. The van der Waals surface area contributed by atoms with Crippen molar-refractivity contribution < 1.29 is 4.74 Å². The number of nitrogens with two attached hydrogens (primary N) is 1. The Balaban J connectivity index is 2.92. The number of rotatable bonds is 7. The van der Waals surface area contributed by atoms with Gasteiger partial charge in [0.2, 0.25) is 0 Å². The Morgan fingerprint density at radius 1 is 1.32 bits per heavy atom. The molecule has 1 fully saturated rings. The molecule has 19 heavy (non-hydrogen) atoms. The molecule has 3 unspecified atom stereocenters. The zero-order valence-corrected chi connectivity index (χ0v) is 13.6. The number of ether oxygens (including phenoxy) is 1. The van der Waals surface area contributed by atoms with Crippen LogP contribution >= 0.6 is 0 Å². The minimum atomic E-state index is 0.186. The lowest BCUT2D eigenvalue weighted by Crippen LogP contribution is -2.60. The Bertz CT molecular complexity index is 247. The van der Waals surface area contributed by atoms with E-state index in [-0.39, 0.29) is 5.54 Å². The van der Waals surface area contributed by atoms with Crippen molar-refractivity contribution in [1.82, 2.24) is 4.90 Å². The third-order valence-corrected chi connectivity index (χ3v) is 4.91. The highest BCUT2D eigenvalue weighted by Crippen LogP contribution is 2.40. The van der Waals surface area contributed by atoms with Gasteiger partial charge in [-0.3, -0.25) is 4.90 Å². The Labute approximate surface area is 119 Å². The van der Waals surface area contributed by atoms with Crippen LogP contribution in [0.15, 0.2) is 0 Å². The van der Waals surface area contributed by atoms with E-state index < -0.39 is 0 Å². The van der Waals surface area contributed by atoms with Crippen molar-refractivity contribution in [2.75, 3.05) is 26.8 Å². The van der Waals surface area contributed by atoms with Gasteiger partial charge in [0.15, 0.2) is 0 Å². The zero-order valence-electron chi connectivity index (χ0n) is 13.6. The van der Waals surface area contributed by atoms with E-state index in [0.717, 1.165) is 31.5 Å². The van der Waals surface area contributed by atoms with Crippen molar-refractivity contribution in [3.05, 3.63) is 0 Å². The second kappa shape index (κ2) is 7.61. The molecular weight excluding hydrogens is 236 g/mol. The van der Waals surface area contributed by atoms with Crippen molar-refractivity contribution in [2.24, 2.45) is 17.6 Å². The lowest BCUT2D eigenvalue weighted by molar-refractivity contribution is -0.0213. The van der Waals surface area contributed by atoms with Crippen molar-refractivity contribution in [2.45, 2.75) is 65.0 Å². The molecule has 0 aromatic rings. The molecule has 3 atom stereocenters. The number of nitrogens with zero attached hydrogens (tertiary/aromatic N) is 1. The van der Waals surface area contributed by atoms with E-state index in [1.165, 1.54) is 25.7 Å². The van der Waals surface area contributed by atoms with Crippen LogP contribution in [0, 0.1) is 11.8 Å². The standard InChI is InChI=1S/C16H34N2O/c1-6-15(4)18(7-8-19-5)16(12-17)10-13(2)9-14(3)11-16/h13-15H,6-12,17H2,1-5H3. The fraction of sp³-hybridized carbons (Fsp3) is 1.00. The summed E-state index contributed by atoms with van der Waals surface area (Å²) in [4.78, 5) is 2.64. The minimum Gasteiger partial charge on any atom is -0.383 e. The highest BCUT2D eigenvalue weighted by atomic mass is 16.5. The van der Waals surface area contributed by atoms with E-state index in [1.807, 2.05) is 0 Å².